The quantitative estimate of drug-likeness (QED) is 0.898. The molecule has 0 spiro atoms. The number of aromatic nitrogens is 2. The number of hydrogen-bond acceptors (Lipinski definition) is 5. The summed E-state index contributed by atoms with van der Waals surface area (Å²) in [7, 11) is 0. The van der Waals surface area contributed by atoms with Gasteiger partial charge in [0.15, 0.2) is 0 Å². The van der Waals surface area contributed by atoms with Crippen LogP contribution in [0, 0.1) is 0 Å². The molecule has 18 heavy (non-hydrogen) atoms. The number of rotatable bonds is 5. The average molecular weight is 264 g/mol. The number of ether oxygens (including phenoxy) is 1. The molecule has 0 radical (unpaired) electrons. The van der Waals surface area contributed by atoms with Crippen LogP contribution in [0.1, 0.15) is 29.5 Å². The van der Waals surface area contributed by atoms with Gasteiger partial charge in [-0.05, 0) is 30.7 Å². The summed E-state index contributed by atoms with van der Waals surface area (Å²) < 4.78 is 9.65. The lowest BCUT2D eigenvalue weighted by molar-refractivity contribution is 0.0697. The fourth-order valence-corrected chi connectivity index (χ4v) is 1.97. The predicted molar refractivity (Wildman–Crippen MR) is 67.4 cm³/mol. The van der Waals surface area contributed by atoms with E-state index in [1.807, 2.05) is 0 Å². The van der Waals surface area contributed by atoms with Crippen molar-refractivity contribution in [3.63, 3.8) is 0 Å². The van der Waals surface area contributed by atoms with Crippen LogP contribution in [-0.2, 0) is 6.42 Å². The summed E-state index contributed by atoms with van der Waals surface area (Å²) in [4.78, 5) is 14.9. The summed E-state index contributed by atoms with van der Waals surface area (Å²) in [5.74, 6) is 0.376. The monoisotopic (exact) mass is 264 g/mol. The number of hydrogen-bond donors (Lipinski definition) is 1. The Morgan fingerprint density at radius 2 is 2.11 bits per heavy atom. The maximum Gasteiger partial charge on any atom is 0.335 e. The second-order valence-corrected chi connectivity index (χ2v) is 4.37. The molecule has 1 heterocycles. The van der Waals surface area contributed by atoms with Crippen molar-refractivity contribution in [1.29, 1.82) is 0 Å². The molecule has 0 saturated heterocycles. The summed E-state index contributed by atoms with van der Waals surface area (Å²) in [5, 5.41) is 9.24. The lowest BCUT2D eigenvalue weighted by atomic mass is 10.2. The zero-order valence-corrected chi connectivity index (χ0v) is 10.6. The number of aryl methyl sites for hydroxylation is 1. The van der Waals surface area contributed by atoms with E-state index < -0.39 is 5.97 Å². The number of aromatic carboxylic acids is 1. The number of carbonyl (C=O) groups is 1. The molecule has 0 fully saturated rings. The first-order chi connectivity index (χ1) is 8.69. The average Bonchev–Trinajstić information content (AvgIpc) is 2.78. The van der Waals surface area contributed by atoms with Crippen LogP contribution in [0.5, 0.6) is 10.9 Å². The van der Waals surface area contributed by atoms with Crippen molar-refractivity contribution >= 4 is 17.5 Å². The molecule has 0 unspecified atom stereocenters. The first-order valence-electron chi connectivity index (χ1n) is 5.53. The third kappa shape index (κ3) is 3.04. The third-order valence-electron chi connectivity index (χ3n) is 2.23. The molecule has 1 aromatic heterocycles. The van der Waals surface area contributed by atoms with Crippen molar-refractivity contribution in [3.05, 3.63) is 35.7 Å². The second kappa shape index (κ2) is 5.59. The number of benzene rings is 1. The van der Waals surface area contributed by atoms with Crippen LogP contribution in [0.2, 0.25) is 0 Å². The minimum Gasteiger partial charge on any atom is -0.478 e. The largest absolute Gasteiger partial charge is 0.478 e. The first kappa shape index (κ1) is 12.5. The third-order valence-corrected chi connectivity index (χ3v) is 2.86. The van der Waals surface area contributed by atoms with Gasteiger partial charge in [-0.2, -0.15) is 9.36 Å². The van der Waals surface area contributed by atoms with Crippen molar-refractivity contribution in [2.75, 3.05) is 0 Å². The fourth-order valence-electron chi connectivity index (χ4n) is 1.37. The Balaban J connectivity index is 2.06. The number of nitrogens with zero attached hydrogens (tertiary/aromatic N) is 2. The molecule has 0 bridgehead atoms. The highest BCUT2D eigenvalue weighted by atomic mass is 32.1. The van der Waals surface area contributed by atoms with E-state index in [0.29, 0.717) is 10.9 Å². The summed E-state index contributed by atoms with van der Waals surface area (Å²) in [6.45, 7) is 2.06. The Hall–Kier alpha value is -1.95. The zero-order valence-electron chi connectivity index (χ0n) is 9.79. The van der Waals surface area contributed by atoms with Gasteiger partial charge in [0.2, 0.25) is 0 Å². The molecule has 2 aromatic rings. The molecule has 1 aromatic carbocycles. The highest BCUT2D eigenvalue weighted by Gasteiger charge is 2.07. The van der Waals surface area contributed by atoms with Gasteiger partial charge >= 0.3 is 5.97 Å². The van der Waals surface area contributed by atoms with E-state index in [9.17, 15) is 4.79 Å². The Labute approximate surface area is 108 Å². The Kier molecular flexibility index (Phi) is 3.88. The van der Waals surface area contributed by atoms with Crippen LogP contribution < -0.4 is 4.74 Å². The van der Waals surface area contributed by atoms with Crippen molar-refractivity contribution in [2.45, 2.75) is 19.8 Å². The molecule has 0 aliphatic carbocycles. The number of carboxylic acid groups (broad SMARTS) is 1. The summed E-state index contributed by atoms with van der Waals surface area (Å²) in [6.07, 6.45) is 1.82. The topological polar surface area (TPSA) is 72.3 Å². The van der Waals surface area contributed by atoms with Crippen molar-refractivity contribution in [2.24, 2.45) is 0 Å². The fraction of sp³-hybridized carbons (Fsp3) is 0.250. The van der Waals surface area contributed by atoms with Gasteiger partial charge in [-0.15, -0.1) is 0 Å². The maximum atomic E-state index is 10.7. The van der Waals surface area contributed by atoms with E-state index in [0.717, 1.165) is 18.7 Å². The molecule has 6 heteroatoms. The molecular formula is C12H12N2O3S. The van der Waals surface area contributed by atoms with Crippen LogP contribution in [-0.4, -0.2) is 20.4 Å². The highest BCUT2D eigenvalue weighted by molar-refractivity contribution is 7.07. The lowest BCUT2D eigenvalue weighted by Gasteiger charge is -2.00. The number of carboxylic acids is 1. The summed E-state index contributed by atoms with van der Waals surface area (Å²) >= 11 is 1.20. The van der Waals surface area contributed by atoms with Crippen LogP contribution in [0.15, 0.2) is 24.3 Å². The SMILES string of the molecule is CCCc1nsc(Oc2ccc(C(=O)O)cc2)n1. The molecular weight excluding hydrogens is 252 g/mol. The Morgan fingerprint density at radius 3 is 2.72 bits per heavy atom. The van der Waals surface area contributed by atoms with Crippen LogP contribution >= 0.6 is 11.5 Å². The normalized spacial score (nSPS) is 10.3. The van der Waals surface area contributed by atoms with Gasteiger partial charge in [0.25, 0.3) is 5.19 Å². The van der Waals surface area contributed by atoms with Gasteiger partial charge < -0.3 is 9.84 Å². The van der Waals surface area contributed by atoms with Crippen molar-refractivity contribution in [1.82, 2.24) is 9.36 Å². The van der Waals surface area contributed by atoms with E-state index >= 15 is 0 Å². The molecule has 0 aliphatic heterocycles. The Bertz CT molecular complexity index is 537. The molecule has 94 valence electrons. The van der Waals surface area contributed by atoms with Gasteiger partial charge in [-0.1, -0.05) is 6.92 Å². The van der Waals surface area contributed by atoms with Crippen LogP contribution in [0.25, 0.3) is 0 Å². The minimum absolute atomic E-state index is 0.228. The standard InChI is InChI=1S/C12H12N2O3S/c1-2-3-10-13-12(18-14-10)17-9-6-4-8(5-7-9)11(15)16/h4-7H,2-3H2,1H3,(H,15,16). The molecule has 0 saturated carbocycles. The molecule has 5 nitrogen and oxygen atoms in total. The van der Waals surface area contributed by atoms with Crippen LogP contribution in [0.3, 0.4) is 0 Å². The van der Waals surface area contributed by atoms with Gasteiger partial charge in [-0.25, -0.2) is 4.79 Å². The van der Waals surface area contributed by atoms with Crippen molar-refractivity contribution in [3.8, 4) is 10.9 Å². The summed E-state index contributed by atoms with van der Waals surface area (Å²) in [6, 6.07) is 6.19. The van der Waals surface area contributed by atoms with Crippen LogP contribution in [0.4, 0.5) is 0 Å². The van der Waals surface area contributed by atoms with E-state index in [4.69, 9.17) is 9.84 Å². The van der Waals surface area contributed by atoms with Gasteiger partial charge in [0.1, 0.15) is 11.6 Å². The predicted octanol–water partition coefficient (Wildman–Crippen LogP) is 2.98. The first-order valence-corrected chi connectivity index (χ1v) is 6.30. The molecule has 2 rings (SSSR count). The van der Waals surface area contributed by atoms with E-state index in [1.165, 1.54) is 23.7 Å². The maximum absolute atomic E-state index is 10.7. The molecule has 0 amide bonds. The van der Waals surface area contributed by atoms with Gasteiger partial charge in [0, 0.05) is 18.0 Å². The minimum atomic E-state index is -0.956. The molecule has 0 atom stereocenters. The molecule has 1 N–H and O–H groups in total. The molecule has 0 aliphatic rings. The lowest BCUT2D eigenvalue weighted by Crippen LogP contribution is -1.95. The van der Waals surface area contributed by atoms with Gasteiger partial charge in [0.05, 0.1) is 5.56 Å². The Morgan fingerprint density at radius 1 is 1.39 bits per heavy atom. The van der Waals surface area contributed by atoms with Gasteiger partial charge in [-0.3, -0.25) is 0 Å². The van der Waals surface area contributed by atoms with E-state index in [-0.39, 0.29) is 5.56 Å². The summed E-state index contributed by atoms with van der Waals surface area (Å²) in [5.41, 5.74) is 0.228. The second-order valence-electron chi connectivity index (χ2n) is 3.66. The van der Waals surface area contributed by atoms with E-state index in [1.54, 1.807) is 12.1 Å². The van der Waals surface area contributed by atoms with E-state index in [2.05, 4.69) is 16.3 Å². The zero-order chi connectivity index (χ0) is 13.0. The van der Waals surface area contributed by atoms with Crippen molar-refractivity contribution < 1.29 is 14.6 Å². The highest BCUT2D eigenvalue weighted by Crippen LogP contribution is 2.23. The smallest absolute Gasteiger partial charge is 0.335 e.